The molecule has 0 saturated carbocycles. The van der Waals surface area contributed by atoms with E-state index in [4.69, 9.17) is 4.98 Å². The molecular weight excluding hydrogens is 286 g/mol. The van der Waals surface area contributed by atoms with E-state index in [0.29, 0.717) is 6.42 Å². The predicted octanol–water partition coefficient (Wildman–Crippen LogP) is 3.03. The minimum absolute atomic E-state index is 0.170. The Hall–Kier alpha value is -2.62. The molecule has 1 atom stereocenters. The van der Waals surface area contributed by atoms with Crippen LogP contribution in [-0.2, 0) is 11.3 Å². The van der Waals surface area contributed by atoms with Gasteiger partial charge in [0.15, 0.2) is 0 Å². The highest BCUT2D eigenvalue weighted by Crippen LogP contribution is 2.30. The third-order valence-electron chi connectivity index (χ3n) is 4.57. The van der Waals surface area contributed by atoms with Crippen LogP contribution in [0.3, 0.4) is 0 Å². The number of carbonyl (C=O) groups excluding carboxylic acids is 1. The summed E-state index contributed by atoms with van der Waals surface area (Å²) in [6, 6.07) is 18.6. The summed E-state index contributed by atoms with van der Waals surface area (Å²) in [6.45, 7) is 1.53. The first-order valence-electron chi connectivity index (χ1n) is 7.95. The van der Waals surface area contributed by atoms with Gasteiger partial charge in [-0.25, -0.2) is 4.98 Å². The molecule has 23 heavy (non-hydrogen) atoms. The number of nitrogens with zero attached hydrogens (tertiary/aromatic N) is 3. The van der Waals surface area contributed by atoms with E-state index >= 15 is 0 Å². The number of carbonyl (C=O) groups is 1. The Kier molecular flexibility index (Phi) is 3.37. The Morgan fingerprint density at radius 1 is 1.09 bits per heavy atom. The van der Waals surface area contributed by atoms with Crippen molar-refractivity contribution in [3.05, 3.63) is 66.0 Å². The highest BCUT2D eigenvalue weighted by atomic mass is 16.2. The van der Waals surface area contributed by atoms with Crippen molar-refractivity contribution in [3.63, 3.8) is 0 Å². The van der Waals surface area contributed by atoms with Crippen molar-refractivity contribution in [1.82, 2.24) is 14.5 Å². The van der Waals surface area contributed by atoms with Gasteiger partial charge >= 0.3 is 0 Å². The summed E-state index contributed by atoms with van der Waals surface area (Å²) in [4.78, 5) is 18.6. The third-order valence-corrected chi connectivity index (χ3v) is 4.57. The van der Waals surface area contributed by atoms with E-state index in [9.17, 15) is 4.79 Å². The van der Waals surface area contributed by atoms with Crippen LogP contribution in [0.25, 0.3) is 11.0 Å². The molecule has 1 fully saturated rings. The van der Waals surface area contributed by atoms with Crippen LogP contribution in [0.1, 0.15) is 23.7 Å². The Morgan fingerprint density at radius 2 is 1.83 bits per heavy atom. The number of aromatic nitrogens is 2. The van der Waals surface area contributed by atoms with Crippen LogP contribution < -0.4 is 0 Å². The third kappa shape index (κ3) is 2.50. The Morgan fingerprint density at radius 3 is 2.57 bits per heavy atom. The van der Waals surface area contributed by atoms with Gasteiger partial charge in [-0.15, -0.1) is 0 Å². The lowest BCUT2D eigenvalue weighted by Crippen LogP contribution is -2.19. The molecule has 116 valence electrons. The second kappa shape index (κ2) is 5.54. The van der Waals surface area contributed by atoms with Gasteiger partial charge < -0.3 is 9.47 Å². The first kappa shape index (κ1) is 14.0. The number of hydrogen-bond acceptors (Lipinski definition) is 2. The summed E-state index contributed by atoms with van der Waals surface area (Å²) in [7, 11) is 1.87. The maximum atomic E-state index is 11.9. The summed E-state index contributed by atoms with van der Waals surface area (Å²) in [5, 5.41) is 0. The summed E-state index contributed by atoms with van der Waals surface area (Å²) >= 11 is 0. The lowest BCUT2D eigenvalue weighted by molar-refractivity contribution is -0.126. The van der Waals surface area contributed by atoms with E-state index in [2.05, 4.69) is 34.9 Å². The first-order valence-corrected chi connectivity index (χ1v) is 7.95. The summed E-state index contributed by atoms with van der Waals surface area (Å²) in [5.74, 6) is 1.39. The molecule has 0 bridgehead atoms. The second-order valence-electron chi connectivity index (χ2n) is 6.21. The van der Waals surface area contributed by atoms with Gasteiger partial charge in [-0.2, -0.15) is 0 Å². The number of rotatable bonds is 3. The number of benzene rings is 2. The molecule has 1 amide bonds. The molecule has 1 aliphatic rings. The molecular formula is C19H19N3O. The van der Waals surface area contributed by atoms with Gasteiger partial charge in [-0.1, -0.05) is 42.5 Å². The number of para-hydroxylation sites is 2. The van der Waals surface area contributed by atoms with E-state index < -0.39 is 0 Å². The molecule has 1 aliphatic heterocycles. The molecule has 0 unspecified atom stereocenters. The number of likely N-dealkylation sites (tertiary alicyclic amines) is 1. The summed E-state index contributed by atoms with van der Waals surface area (Å²) < 4.78 is 2.27. The van der Waals surface area contributed by atoms with Gasteiger partial charge in [0, 0.05) is 32.5 Å². The fourth-order valence-corrected chi connectivity index (χ4v) is 3.37. The summed E-state index contributed by atoms with van der Waals surface area (Å²) in [6.07, 6.45) is 0.550. The lowest BCUT2D eigenvalue weighted by Gasteiger charge is -2.14. The number of likely N-dealkylation sites (N-methyl/N-ethyl adjacent to an activating group) is 1. The van der Waals surface area contributed by atoms with Crippen LogP contribution in [0.5, 0.6) is 0 Å². The molecule has 2 aromatic carbocycles. The summed E-state index contributed by atoms with van der Waals surface area (Å²) in [5.41, 5.74) is 3.38. The topological polar surface area (TPSA) is 38.1 Å². The largest absolute Gasteiger partial charge is 0.345 e. The van der Waals surface area contributed by atoms with Crippen molar-refractivity contribution in [3.8, 4) is 0 Å². The van der Waals surface area contributed by atoms with Crippen molar-refractivity contribution in [2.24, 2.45) is 0 Å². The zero-order chi connectivity index (χ0) is 15.8. The smallest absolute Gasteiger partial charge is 0.223 e. The zero-order valence-electron chi connectivity index (χ0n) is 13.1. The Labute approximate surface area is 135 Å². The normalized spacial score (nSPS) is 18.0. The number of fused-ring (bicyclic) bond motifs is 1. The fraction of sp³-hybridized carbons (Fsp3) is 0.263. The Balaban J connectivity index is 1.80. The van der Waals surface area contributed by atoms with Crippen molar-refractivity contribution in [2.45, 2.75) is 18.9 Å². The molecule has 2 heterocycles. The van der Waals surface area contributed by atoms with Gasteiger partial charge in [0.1, 0.15) is 5.82 Å². The highest BCUT2D eigenvalue weighted by Gasteiger charge is 2.31. The molecule has 4 rings (SSSR count). The molecule has 0 aliphatic carbocycles. The van der Waals surface area contributed by atoms with E-state index in [-0.39, 0.29) is 11.8 Å². The van der Waals surface area contributed by atoms with Gasteiger partial charge in [-0.05, 0) is 17.7 Å². The van der Waals surface area contributed by atoms with Crippen LogP contribution in [-0.4, -0.2) is 34.0 Å². The SMILES string of the molecule is CN1C[C@@H](c2nc3ccccc3n2Cc2ccccc2)CC1=O. The van der Waals surface area contributed by atoms with Gasteiger partial charge in [0.05, 0.1) is 11.0 Å². The molecule has 3 aromatic rings. The molecule has 4 heteroatoms. The van der Waals surface area contributed by atoms with E-state index in [1.54, 1.807) is 4.90 Å². The molecule has 0 radical (unpaired) electrons. The zero-order valence-corrected chi connectivity index (χ0v) is 13.1. The minimum Gasteiger partial charge on any atom is -0.345 e. The second-order valence-corrected chi connectivity index (χ2v) is 6.21. The van der Waals surface area contributed by atoms with Crippen molar-refractivity contribution in [2.75, 3.05) is 13.6 Å². The number of hydrogen-bond donors (Lipinski definition) is 0. The van der Waals surface area contributed by atoms with Crippen LogP contribution in [0.4, 0.5) is 0 Å². The average molecular weight is 305 g/mol. The van der Waals surface area contributed by atoms with Crippen molar-refractivity contribution < 1.29 is 4.79 Å². The molecule has 0 N–H and O–H groups in total. The van der Waals surface area contributed by atoms with Gasteiger partial charge in [-0.3, -0.25) is 4.79 Å². The maximum Gasteiger partial charge on any atom is 0.223 e. The van der Waals surface area contributed by atoms with Crippen molar-refractivity contribution >= 4 is 16.9 Å². The van der Waals surface area contributed by atoms with Crippen LogP contribution in [0.15, 0.2) is 54.6 Å². The van der Waals surface area contributed by atoms with E-state index in [1.807, 2.05) is 31.3 Å². The molecule has 4 nitrogen and oxygen atoms in total. The lowest BCUT2D eigenvalue weighted by atomic mass is 10.1. The van der Waals surface area contributed by atoms with Crippen molar-refractivity contribution in [1.29, 1.82) is 0 Å². The van der Waals surface area contributed by atoms with Crippen LogP contribution in [0, 0.1) is 0 Å². The number of amides is 1. The van der Waals surface area contributed by atoms with Gasteiger partial charge in [0.25, 0.3) is 0 Å². The molecule has 1 saturated heterocycles. The van der Waals surface area contributed by atoms with E-state index in [0.717, 1.165) is 29.9 Å². The average Bonchev–Trinajstić information content (AvgIpc) is 3.10. The maximum absolute atomic E-state index is 11.9. The highest BCUT2D eigenvalue weighted by molar-refractivity contribution is 5.80. The predicted molar refractivity (Wildman–Crippen MR) is 90.3 cm³/mol. The quantitative estimate of drug-likeness (QED) is 0.746. The molecule has 0 spiro atoms. The van der Waals surface area contributed by atoms with E-state index in [1.165, 1.54) is 5.56 Å². The standard InChI is InChI=1S/C19H19N3O/c1-21-13-15(11-18(21)23)19-20-16-9-5-6-10-17(16)22(19)12-14-7-3-2-4-8-14/h2-10,15H,11-13H2,1H3/t15-/m0/s1. The monoisotopic (exact) mass is 305 g/mol. The molecule has 1 aromatic heterocycles. The van der Waals surface area contributed by atoms with Gasteiger partial charge in [0.2, 0.25) is 5.91 Å². The van der Waals surface area contributed by atoms with Crippen LogP contribution >= 0.6 is 0 Å². The fourth-order valence-electron chi connectivity index (χ4n) is 3.37. The minimum atomic E-state index is 0.170. The first-order chi connectivity index (χ1) is 11.2. The Bertz CT molecular complexity index is 853. The van der Waals surface area contributed by atoms with Crippen LogP contribution in [0.2, 0.25) is 0 Å². The number of imidazole rings is 1.